The first-order chi connectivity index (χ1) is 12.4. The van der Waals surface area contributed by atoms with Gasteiger partial charge in [0.15, 0.2) is 0 Å². The van der Waals surface area contributed by atoms with E-state index in [1.165, 1.54) is 6.07 Å². The maximum Gasteiger partial charge on any atom is 0.319 e. The van der Waals surface area contributed by atoms with Crippen molar-refractivity contribution in [3.8, 4) is 0 Å². The van der Waals surface area contributed by atoms with Crippen LogP contribution < -0.4 is 16.0 Å². The van der Waals surface area contributed by atoms with E-state index in [0.717, 1.165) is 5.56 Å². The van der Waals surface area contributed by atoms with Crippen molar-refractivity contribution in [1.29, 1.82) is 0 Å². The van der Waals surface area contributed by atoms with Gasteiger partial charge in [0.05, 0.1) is 0 Å². The first kappa shape index (κ1) is 19.4. The van der Waals surface area contributed by atoms with E-state index < -0.39 is 0 Å². The van der Waals surface area contributed by atoms with E-state index in [0.29, 0.717) is 29.9 Å². The van der Waals surface area contributed by atoms with Gasteiger partial charge < -0.3 is 16.0 Å². The van der Waals surface area contributed by atoms with Crippen LogP contribution in [0.15, 0.2) is 42.5 Å². The minimum Gasteiger partial charge on any atom is -0.338 e. The molecule has 0 fully saturated rings. The zero-order valence-corrected chi connectivity index (χ0v) is 15.2. The monoisotopic (exact) mass is 357 g/mol. The van der Waals surface area contributed by atoms with Crippen molar-refractivity contribution in [2.75, 3.05) is 17.2 Å². The fraction of sp³-hybridized carbons (Fsp3) is 0.300. The first-order valence-electron chi connectivity index (χ1n) is 8.56. The highest BCUT2D eigenvalue weighted by molar-refractivity contribution is 5.94. The number of benzene rings is 2. The van der Waals surface area contributed by atoms with Gasteiger partial charge in [-0.15, -0.1) is 0 Å². The highest BCUT2D eigenvalue weighted by atomic mass is 19.1. The molecule has 0 aliphatic rings. The van der Waals surface area contributed by atoms with Gasteiger partial charge in [-0.1, -0.05) is 38.1 Å². The quantitative estimate of drug-likeness (QED) is 0.729. The Morgan fingerprint density at radius 3 is 2.50 bits per heavy atom. The smallest absolute Gasteiger partial charge is 0.319 e. The van der Waals surface area contributed by atoms with Gasteiger partial charge in [-0.2, -0.15) is 0 Å². The molecule has 2 aromatic carbocycles. The molecule has 0 saturated carbocycles. The van der Waals surface area contributed by atoms with E-state index >= 15 is 0 Å². The topological polar surface area (TPSA) is 70.2 Å². The van der Waals surface area contributed by atoms with Gasteiger partial charge in [-0.3, -0.25) is 4.79 Å². The summed E-state index contributed by atoms with van der Waals surface area (Å²) in [5, 5.41) is 8.27. The number of aryl methyl sites for hydroxylation is 1. The van der Waals surface area contributed by atoms with Gasteiger partial charge in [0.25, 0.3) is 0 Å². The molecule has 0 atom stereocenters. The molecule has 0 saturated heterocycles. The lowest BCUT2D eigenvalue weighted by Crippen LogP contribution is -2.30. The van der Waals surface area contributed by atoms with Gasteiger partial charge in [-0.25, -0.2) is 9.18 Å². The zero-order valence-electron chi connectivity index (χ0n) is 15.2. The standard InChI is InChI=1S/C20H24FN3O2/c1-13(2)19(25)23-16-9-8-14(3)18(12-16)24-20(26)22-11-10-15-6-4-5-7-17(15)21/h4-9,12-13H,10-11H2,1-3H3,(H,23,25)(H2,22,24,26). The molecule has 6 heteroatoms. The largest absolute Gasteiger partial charge is 0.338 e. The van der Waals surface area contributed by atoms with Crippen LogP contribution in [0.25, 0.3) is 0 Å². The third kappa shape index (κ3) is 5.58. The second kappa shape index (κ2) is 8.99. The molecule has 0 aliphatic carbocycles. The molecule has 0 bridgehead atoms. The van der Waals surface area contributed by atoms with Crippen molar-refractivity contribution in [1.82, 2.24) is 5.32 Å². The van der Waals surface area contributed by atoms with Crippen LogP contribution in [-0.4, -0.2) is 18.5 Å². The van der Waals surface area contributed by atoms with Gasteiger partial charge >= 0.3 is 6.03 Å². The average molecular weight is 357 g/mol. The minimum atomic E-state index is -0.378. The lowest BCUT2D eigenvalue weighted by atomic mass is 10.1. The van der Waals surface area contributed by atoms with Crippen molar-refractivity contribution in [2.24, 2.45) is 5.92 Å². The fourth-order valence-electron chi connectivity index (χ4n) is 2.30. The highest BCUT2D eigenvalue weighted by Gasteiger charge is 2.10. The second-order valence-corrected chi connectivity index (χ2v) is 6.40. The molecule has 0 heterocycles. The predicted octanol–water partition coefficient (Wildman–Crippen LogP) is 4.09. The minimum absolute atomic E-state index is 0.0888. The lowest BCUT2D eigenvalue weighted by Gasteiger charge is -2.13. The molecule has 3 amide bonds. The van der Waals surface area contributed by atoms with Gasteiger partial charge in [0.1, 0.15) is 5.82 Å². The number of hydrogen-bond donors (Lipinski definition) is 3. The summed E-state index contributed by atoms with van der Waals surface area (Å²) in [6.45, 7) is 5.80. The molecule has 138 valence electrons. The van der Waals surface area contributed by atoms with E-state index in [9.17, 15) is 14.0 Å². The van der Waals surface area contributed by atoms with Crippen LogP contribution in [0.2, 0.25) is 0 Å². The molecule has 5 nitrogen and oxygen atoms in total. The third-order valence-corrected chi connectivity index (χ3v) is 3.92. The molecular weight excluding hydrogens is 333 g/mol. The molecule has 2 rings (SSSR count). The Balaban J connectivity index is 1.91. The number of urea groups is 1. The van der Waals surface area contributed by atoms with Crippen LogP contribution in [-0.2, 0) is 11.2 Å². The number of anilines is 2. The highest BCUT2D eigenvalue weighted by Crippen LogP contribution is 2.20. The third-order valence-electron chi connectivity index (χ3n) is 3.92. The Labute approximate surface area is 153 Å². The van der Waals surface area contributed by atoms with Gasteiger partial charge in [-0.05, 0) is 42.7 Å². The maximum absolute atomic E-state index is 13.6. The maximum atomic E-state index is 13.6. The van der Waals surface area contributed by atoms with Crippen molar-refractivity contribution in [3.05, 3.63) is 59.4 Å². The lowest BCUT2D eigenvalue weighted by molar-refractivity contribution is -0.118. The van der Waals surface area contributed by atoms with Gasteiger partial charge in [0.2, 0.25) is 5.91 Å². The van der Waals surface area contributed by atoms with E-state index in [4.69, 9.17) is 0 Å². The summed E-state index contributed by atoms with van der Waals surface area (Å²) in [6, 6.07) is 11.4. The Kier molecular flexibility index (Phi) is 6.72. The van der Waals surface area contributed by atoms with Crippen LogP contribution in [0.3, 0.4) is 0 Å². The van der Waals surface area contributed by atoms with Crippen molar-refractivity contribution < 1.29 is 14.0 Å². The summed E-state index contributed by atoms with van der Waals surface area (Å²) in [7, 11) is 0. The Morgan fingerprint density at radius 2 is 1.81 bits per heavy atom. The molecule has 3 N–H and O–H groups in total. The SMILES string of the molecule is Cc1ccc(NC(=O)C(C)C)cc1NC(=O)NCCc1ccccc1F. The van der Waals surface area contributed by atoms with Crippen LogP contribution in [0.5, 0.6) is 0 Å². The van der Waals surface area contributed by atoms with E-state index in [1.807, 2.05) is 26.8 Å². The summed E-state index contributed by atoms with van der Waals surface area (Å²) in [5.41, 5.74) is 2.66. The number of carbonyl (C=O) groups excluding carboxylic acids is 2. The van der Waals surface area contributed by atoms with Crippen molar-refractivity contribution >= 4 is 23.3 Å². The number of carbonyl (C=O) groups is 2. The Morgan fingerprint density at radius 1 is 1.08 bits per heavy atom. The van der Waals surface area contributed by atoms with Crippen LogP contribution >= 0.6 is 0 Å². The molecule has 0 aromatic heterocycles. The number of rotatable bonds is 6. The molecule has 0 unspecified atom stereocenters. The second-order valence-electron chi connectivity index (χ2n) is 6.40. The zero-order chi connectivity index (χ0) is 19.1. The normalized spacial score (nSPS) is 10.5. The summed E-state index contributed by atoms with van der Waals surface area (Å²) in [5.74, 6) is -0.498. The summed E-state index contributed by atoms with van der Waals surface area (Å²) in [4.78, 5) is 23.9. The van der Waals surface area contributed by atoms with Crippen molar-refractivity contribution in [2.45, 2.75) is 27.2 Å². The number of hydrogen-bond acceptors (Lipinski definition) is 2. The van der Waals surface area contributed by atoms with Crippen LogP contribution in [0, 0.1) is 18.7 Å². The van der Waals surface area contributed by atoms with E-state index in [-0.39, 0.29) is 23.7 Å². The average Bonchev–Trinajstić information content (AvgIpc) is 2.59. The first-order valence-corrected chi connectivity index (χ1v) is 8.56. The summed E-state index contributed by atoms with van der Waals surface area (Å²) in [6.07, 6.45) is 0.406. The Hall–Kier alpha value is -2.89. The van der Waals surface area contributed by atoms with Crippen LogP contribution in [0.4, 0.5) is 20.6 Å². The molecule has 0 spiro atoms. The van der Waals surface area contributed by atoms with Gasteiger partial charge in [0, 0.05) is 23.8 Å². The summed E-state index contributed by atoms with van der Waals surface area (Å²) >= 11 is 0. The summed E-state index contributed by atoms with van der Waals surface area (Å²) < 4.78 is 13.6. The number of halogens is 1. The molecule has 26 heavy (non-hydrogen) atoms. The van der Waals surface area contributed by atoms with E-state index in [2.05, 4.69) is 16.0 Å². The molecule has 0 aliphatic heterocycles. The predicted molar refractivity (Wildman–Crippen MR) is 102 cm³/mol. The van der Waals surface area contributed by atoms with E-state index in [1.54, 1.807) is 30.3 Å². The van der Waals surface area contributed by atoms with Crippen LogP contribution in [0.1, 0.15) is 25.0 Å². The fourth-order valence-corrected chi connectivity index (χ4v) is 2.30. The molecule has 2 aromatic rings. The number of amides is 3. The molecule has 0 radical (unpaired) electrons. The van der Waals surface area contributed by atoms with Crippen molar-refractivity contribution in [3.63, 3.8) is 0 Å². The Bertz CT molecular complexity index is 790. The number of nitrogens with one attached hydrogen (secondary N) is 3. The molecular formula is C20H24FN3O2.